The molecule has 0 fully saturated rings. The van der Waals surface area contributed by atoms with Crippen LogP contribution in [0.1, 0.15) is 28.3 Å². The summed E-state index contributed by atoms with van der Waals surface area (Å²) >= 11 is 0. The molecule has 0 aliphatic heterocycles. The molecular formula is C19H26N2. The van der Waals surface area contributed by atoms with E-state index < -0.39 is 0 Å². The fourth-order valence-corrected chi connectivity index (χ4v) is 2.74. The minimum absolute atomic E-state index is 0.330. The molecule has 1 unspecified atom stereocenters. The van der Waals surface area contributed by atoms with Gasteiger partial charge in [-0.15, -0.1) is 0 Å². The molecular weight excluding hydrogens is 256 g/mol. The van der Waals surface area contributed by atoms with Crippen LogP contribution in [0.2, 0.25) is 0 Å². The average Bonchev–Trinajstić information content (AvgIpc) is 2.46. The highest BCUT2D eigenvalue weighted by Crippen LogP contribution is 2.22. The molecule has 0 saturated carbocycles. The van der Waals surface area contributed by atoms with E-state index >= 15 is 0 Å². The molecule has 0 amide bonds. The monoisotopic (exact) mass is 282 g/mol. The Bertz CT molecular complexity index is 587. The highest BCUT2D eigenvalue weighted by atomic mass is 15.1. The SMILES string of the molecule is CNC(CN(C)c1ccc(C)cc1)c1ccc(C)cc1C. The number of benzene rings is 2. The summed E-state index contributed by atoms with van der Waals surface area (Å²) in [4.78, 5) is 2.31. The van der Waals surface area contributed by atoms with E-state index in [0.29, 0.717) is 6.04 Å². The van der Waals surface area contributed by atoms with Crippen LogP contribution in [-0.2, 0) is 0 Å². The highest BCUT2D eigenvalue weighted by molar-refractivity contribution is 5.47. The number of aryl methyl sites for hydroxylation is 3. The van der Waals surface area contributed by atoms with E-state index in [1.165, 1.54) is 27.9 Å². The number of hydrogen-bond donors (Lipinski definition) is 1. The van der Waals surface area contributed by atoms with Crippen LogP contribution in [-0.4, -0.2) is 20.6 Å². The summed E-state index contributed by atoms with van der Waals surface area (Å²) in [7, 11) is 4.19. The maximum atomic E-state index is 3.45. The quantitative estimate of drug-likeness (QED) is 0.891. The molecule has 2 rings (SSSR count). The summed E-state index contributed by atoms with van der Waals surface area (Å²) < 4.78 is 0. The summed E-state index contributed by atoms with van der Waals surface area (Å²) in [6.07, 6.45) is 0. The Morgan fingerprint density at radius 1 is 0.952 bits per heavy atom. The number of nitrogens with one attached hydrogen (secondary N) is 1. The van der Waals surface area contributed by atoms with Crippen molar-refractivity contribution < 1.29 is 0 Å². The van der Waals surface area contributed by atoms with Gasteiger partial charge in [-0.1, -0.05) is 41.5 Å². The Labute approximate surface area is 128 Å². The summed E-state index contributed by atoms with van der Waals surface area (Å²) in [5.74, 6) is 0. The van der Waals surface area contributed by atoms with E-state index in [9.17, 15) is 0 Å². The van der Waals surface area contributed by atoms with Crippen molar-refractivity contribution in [3.8, 4) is 0 Å². The minimum Gasteiger partial charge on any atom is -0.373 e. The molecule has 0 bridgehead atoms. The van der Waals surface area contributed by atoms with Crippen LogP contribution in [0.4, 0.5) is 5.69 Å². The van der Waals surface area contributed by atoms with E-state index in [2.05, 4.69) is 80.5 Å². The summed E-state index contributed by atoms with van der Waals surface area (Å²) in [6, 6.07) is 15.7. The van der Waals surface area contributed by atoms with Crippen molar-refractivity contribution in [1.82, 2.24) is 5.32 Å². The second-order valence-electron chi connectivity index (χ2n) is 5.92. The van der Waals surface area contributed by atoms with Crippen LogP contribution >= 0.6 is 0 Å². The zero-order valence-electron chi connectivity index (χ0n) is 13.8. The van der Waals surface area contributed by atoms with Crippen molar-refractivity contribution in [2.45, 2.75) is 26.8 Å². The van der Waals surface area contributed by atoms with Gasteiger partial charge in [0.15, 0.2) is 0 Å². The van der Waals surface area contributed by atoms with Gasteiger partial charge in [0, 0.05) is 25.3 Å². The predicted molar refractivity (Wildman–Crippen MR) is 92.2 cm³/mol. The Balaban J connectivity index is 2.16. The lowest BCUT2D eigenvalue weighted by molar-refractivity contribution is 0.586. The second-order valence-corrected chi connectivity index (χ2v) is 5.92. The number of nitrogens with zero attached hydrogens (tertiary/aromatic N) is 1. The standard InChI is InChI=1S/C19H26N2/c1-14-6-9-17(10-7-14)21(5)13-19(20-4)18-11-8-15(2)12-16(18)3/h6-12,19-20H,13H2,1-5H3. The predicted octanol–water partition coefficient (Wildman–Crippen LogP) is 4.01. The maximum Gasteiger partial charge on any atom is 0.0498 e. The van der Waals surface area contributed by atoms with Crippen LogP contribution in [0.3, 0.4) is 0 Å². The third kappa shape index (κ3) is 3.85. The Kier molecular flexibility index (Phi) is 5.03. The van der Waals surface area contributed by atoms with Crippen LogP contribution in [0, 0.1) is 20.8 Å². The molecule has 21 heavy (non-hydrogen) atoms. The van der Waals surface area contributed by atoms with Gasteiger partial charge in [0.05, 0.1) is 0 Å². The van der Waals surface area contributed by atoms with E-state index in [4.69, 9.17) is 0 Å². The van der Waals surface area contributed by atoms with Crippen LogP contribution in [0.15, 0.2) is 42.5 Å². The van der Waals surface area contributed by atoms with Crippen LogP contribution in [0.25, 0.3) is 0 Å². The summed E-state index contributed by atoms with van der Waals surface area (Å²) in [5, 5.41) is 3.45. The van der Waals surface area contributed by atoms with Gasteiger partial charge in [0.1, 0.15) is 0 Å². The van der Waals surface area contributed by atoms with Crippen molar-refractivity contribution in [1.29, 1.82) is 0 Å². The first kappa shape index (κ1) is 15.6. The van der Waals surface area contributed by atoms with Crippen LogP contribution < -0.4 is 10.2 Å². The highest BCUT2D eigenvalue weighted by Gasteiger charge is 2.14. The van der Waals surface area contributed by atoms with Gasteiger partial charge in [-0.25, -0.2) is 0 Å². The van der Waals surface area contributed by atoms with E-state index in [1.807, 2.05) is 7.05 Å². The van der Waals surface area contributed by atoms with E-state index in [-0.39, 0.29) is 0 Å². The van der Waals surface area contributed by atoms with Gasteiger partial charge >= 0.3 is 0 Å². The van der Waals surface area contributed by atoms with Gasteiger partial charge in [-0.05, 0) is 51.1 Å². The number of anilines is 1. The van der Waals surface area contributed by atoms with Crippen molar-refractivity contribution in [2.75, 3.05) is 25.5 Å². The number of likely N-dealkylation sites (N-methyl/N-ethyl adjacent to an activating group) is 2. The molecule has 112 valence electrons. The number of rotatable bonds is 5. The van der Waals surface area contributed by atoms with Crippen molar-refractivity contribution in [2.24, 2.45) is 0 Å². The van der Waals surface area contributed by atoms with Crippen molar-refractivity contribution in [3.63, 3.8) is 0 Å². The topological polar surface area (TPSA) is 15.3 Å². The van der Waals surface area contributed by atoms with Gasteiger partial charge in [-0.3, -0.25) is 0 Å². The zero-order valence-corrected chi connectivity index (χ0v) is 13.8. The average molecular weight is 282 g/mol. The Morgan fingerprint density at radius 3 is 2.14 bits per heavy atom. The summed E-state index contributed by atoms with van der Waals surface area (Å²) in [5.41, 5.74) is 6.60. The molecule has 0 heterocycles. The molecule has 2 heteroatoms. The largest absolute Gasteiger partial charge is 0.373 e. The van der Waals surface area contributed by atoms with Gasteiger partial charge in [-0.2, -0.15) is 0 Å². The molecule has 0 aliphatic carbocycles. The van der Waals surface area contributed by atoms with Crippen LogP contribution in [0.5, 0.6) is 0 Å². The lowest BCUT2D eigenvalue weighted by atomic mass is 9.99. The Morgan fingerprint density at radius 2 is 1.57 bits per heavy atom. The minimum atomic E-state index is 0.330. The Hall–Kier alpha value is -1.80. The van der Waals surface area contributed by atoms with E-state index in [0.717, 1.165) is 6.54 Å². The molecule has 0 radical (unpaired) electrons. The molecule has 2 nitrogen and oxygen atoms in total. The first-order chi connectivity index (χ1) is 10.0. The number of hydrogen-bond acceptors (Lipinski definition) is 2. The van der Waals surface area contributed by atoms with Crippen molar-refractivity contribution in [3.05, 3.63) is 64.7 Å². The smallest absolute Gasteiger partial charge is 0.0498 e. The molecule has 0 spiro atoms. The van der Waals surface area contributed by atoms with E-state index in [1.54, 1.807) is 0 Å². The molecule has 0 aliphatic rings. The van der Waals surface area contributed by atoms with Gasteiger partial charge in [0.2, 0.25) is 0 Å². The fourth-order valence-electron chi connectivity index (χ4n) is 2.74. The second kappa shape index (κ2) is 6.77. The van der Waals surface area contributed by atoms with Gasteiger partial charge in [0.25, 0.3) is 0 Å². The zero-order chi connectivity index (χ0) is 15.4. The fraction of sp³-hybridized carbons (Fsp3) is 0.368. The van der Waals surface area contributed by atoms with Crippen molar-refractivity contribution >= 4 is 5.69 Å². The molecule has 2 aromatic rings. The summed E-state index contributed by atoms with van der Waals surface area (Å²) in [6.45, 7) is 7.40. The first-order valence-electron chi connectivity index (χ1n) is 7.53. The molecule has 1 N–H and O–H groups in total. The normalized spacial score (nSPS) is 12.2. The third-order valence-electron chi connectivity index (χ3n) is 4.08. The maximum absolute atomic E-state index is 3.45. The lowest BCUT2D eigenvalue weighted by Gasteiger charge is -2.27. The lowest BCUT2D eigenvalue weighted by Crippen LogP contribution is -2.31. The molecule has 1 atom stereocenters. The third-order valence-corrected chi connectivity index (χ3v) is 4.08. The van der Waals surface area contributed by atoms with Gasteiger partial charge < -0.3 is 10.2 Å². The molecule has 2 aromatic carbocycles. The molecule has 0 aromatic heterocycles. The first-order valence-corrected chi connectivity index (χ1v) is 7.53. The molecule has 0 saturated heterocycles.